The van der Waals surface area contributed by atoms with Crippen LogP contribution in [0.15, 0.2) is 29.4 Å². The van der Waals surface area contributed by atoms with E-state index in [1.165, 1.54) is 18.4 Å². The van der Waals surface area contributed by atoms with E-state index in [1.807, 2.05) is 12.1 Å². The molecule has 1 aromatic rings. The minimum absolute atomic E-state index is 0.280. The second kappa shape index (κ2) is 6.46. The van der Waals surface area contributed by atoms with Crippen LogP contribution >= 0.6 is 27.5 Å². The summed E-state index contributed by atoms with van der Waals surface area (Å²) < 4.78 is 0.950. The van der Waals surface area contributed by atoms with Gasteiger partial charge in [0.15, 0.2) is 0 Å². The van der Waals surface area contributed by atoms with Gasteiger partial charge in [-0.25, -0.2) is 0 Å². The van der Waals surface area contributed by atoms with Crippen molar-refractivity contribution in [1.82, 2.24) is 4.90 Å². The van der Waals surface area contributed by atoms with Crippen molar-refractivity contribution in [3.8, 4) is 0 Å². The van der Waals surface area contributed by atoms with Crippen molar-refractivity contribution in [2.24, 2.45) is 11.1 Å². The largest absolute Gasteiger partial charge is 0.391 e. The van der Waals surface area contributed by atoms with Crippen molar-refractivity contribution in [1.29, 1.82) is 0 Å². The van der Waals surface area contributed by atoms with Crippen molar-refractivity contribution in [3.05, 3.63) is 34.9 Å². The highest BCUT2D eigenvalue weighted by molar-refractivity contribution is 9.18. The standard InChI is InChI=1S/C15H18BrClN2O/c16-15-9-14(20-18-15)12-5-7-19(8-6-12)10-11-1-3-13(17)4-2-11/h1-4,12,14H,5-10H2/t14-/m1/s1. The normalized spacial score (nSPS) is 24.5. The zero-order valence-electron chi connectivity index (χ0n) is 11.3. The highest BCUT2D eigenvalue weighted by Gasteiger charge is 2.31. The van der Waals surface area contributed by atoms with E-state index in [-0.39, 0.29) is 6.10 Å². The van der Waals surface area contributed by atoms with Crippen molar-refractivity contribution < 1.29 is 4.84 Å². The monoisotopic (exact) mass is 356 g/mol. The smallest absolute Gasteiger partial charge is 0.136 e. The lowest BCUT2D eigenvalue weighted by Gasteiger charge is -2.33. The number of hydrogen-bond acceptors (Lipinski definition) is 3. The van der Waals surface area contributed by atoms with Crippen molar-refractivity contribution in [2.75, 3.05) is 13.1 Å². The number of oxime groups is 1. The maximum absolute atomic E-state index is 5.92. The molecule has 0 amide bonds. The van der Waals surface area contributed by atoms with Gasteiger partial charge in [0.1, 0.15) is 10.7 Å². The number of piperidine rings is 1. The molecule has 0 aliphatic carbocycles. The van der Waals surface area contributed by atoms with Crippen molar-refractivity contribution in [3.63, 3.8) is 0 Å². The second-order valence-electron chi connectivity index (χ2n) is 5.56. The molecular formula is C15H18BrClN2O. The Morgan fingerprint density at radius 3 is 2.55 bits per heavy atom. The molecule has 3 rings (SSSR count). The van der Waals surface area contributed by atoms with Crippen LogP contribution in [0.25, 0.3) is 0 Å². The molecule has 1 atom stereocenters. The summed E-state index contributed by atoms with van der Waals surface area (Å²) in [6.07, 6.45) is 3.59. The predicted molar refractivity (Wildman–Crippen MR) is 85.3 cm³/mol. The Kier molecular flexibility index (Phi) is 4.64. The lowest BCUT2D eigenvalue weighted by Crippen LogP contribution is -2.37. The molecule has 1 saturated heterocycles. The molecule has 1 fully saturated rings. The summed E-state index contributed by atoms with van der Waals surface area (Å²) >= 11 is 9.33. The number of halogens is 2. The van der Waals surface area contributed by atoms with Crippen LogP contribution in [0, 0.1) is 5.92 Å². The van der Waals surface area contributed by atoms with E-state index >= 15 is 0 Å². The predicted octanol–water partition coefficient (Wildman–Crippen LogP) is 4.05. The van der Waals surface area contributed by atoms with Gasteiger partial charge in [0.2, 0.25) is 0 Å². The zero-order valence-corrected chi connectivity index (χ0v) is 13.6. The molecule has 0 bridgehead atoms. The lowest BCUT2D eigenvalue weighted by atomic mass is 9.90. The van der Waals surface area contributed by atoms with Gasteiger partial charge < -0.3 is 4.84 Å². The van der Waals surface area contributed by atoms with Gasteiger partial charge in [-0.05, 0) is 59.6 Å². The van der Waals surface area contributed by atoms with Crippen LogP contribution in [0.3, 0.4) is 0 Å². The fourth-order valence-corrected chi connectivity index (χ4v) is 3.48. The van der Waals surface area contributed by atoms with Crippen LogP contribution in [-0.2, 0) is 11.4 Å². The van der Waals surface area contributed by atoms with Crippen LogP contribution in [0.5, 0.6) is 0 Å². The summed E-state index contributed by atoms with van der Waals surface area (Å²) in [5.41, 5.74) is 1.33. The first kappa shape index (κ1) is 14.4. The van der Waals surface area contributed by atoms with Gasteiger partial charge in [0, 0.05) is 23.9 Å². The van der Waals surface area contributed by atoms with Crippen LogP contribution < -0.4 is 0 Å². The summed E-state index contributed by atoms with van der Waals surface area (Å²) in [5.74, 6) is 0.635. The Balaban J connectivity index is 1.48. The van der Waals surface area contributed by atoms with Crippen LogP contribution in [0.4, 0.5) is 0 Å². The third-order valence-corrected chi connectivity index (χ3v) is 4.85. The number of nitrogens with zero attached hydrogens (tertiary/aromatic N) is 2. The Labute approximate surface area is 133 Å². The van der Waals surface area contributed by atoms with E-state index in [9.17, 15) is 0 Å². The van der Waals surface area contributed by atoms with E-state index < -0.39 is 0 Å². The highest BCUT2D eigenvalue weighted by Crippen LogP contribution is 2.29. The minimum atomic E-state index is 0.280. The fraction of sp³-hybridized carbons (Fsp3) is 0.533. The molecule has 0 saturated carbocycles. The molecule has 0 radical (unpaired) electrons. The van der Waals surface area contributed by atoms with Crippen molar-refractivity contribution >= 4 is 32.2 Å². The molecule has 20 heavy (non-hydrogen) atoms. The molecule has 108 valence electrons. The average molecular weight is 358 g/mol. The molecule has 1 aromatic carbocycles. The molecule has 0 N–H and O–H groups in total. The first-order valence-corrected chi connectivity index (χ1v) is 8.23. The number of likely N-dealkylation sites (tertiary alicyclic amines) is 1. The van der Waals surface area contributed by atoms with E-state index in [0.29, 0.717) is 5.92 Å². The molecule has 2 aliphatic rings. The van der Waals surface area contributed by atoms with Gasteiger partial charge in [-0.15, -0.1) is 0 Å². The summed E-state index contributed by atoms with van der Waals surface area (Å²) in [4.78, 5) is 7.98. The molecule has 0 spiro atoms. The first-order chi connectivity index (χ1) is 9.70. The van der Waals surface area contributed by atoms with Gasteiger partial charge >= 0.3 is 0 Å². The number of hydrogen-bond donors (Lipinski definition) is 0. The fourth-order valence-electron chi connectivity index (χ4n) is 2.95. The molecule has 0 unspecified atom stereocenters. The quantitative estimate of drug-likeness (QED) is 0.815. The van der Waals surface area contributed by atoms with Gasteiger partial charge in [-0.1, -0.05) is 28.9 Å². The summed E-state index contributed by atoms with van der Waals surface area (Å²) in [6, 6.07) is 8.15. The highest BCUT2D eigenvalue weighted by atomic mass is 79.9. The van der Waals surface area contributed by atoms with Crippen LogP contribution in [0.2, 0.25) is 5.02 Å². The maximum Gasteiger partial charge on any atom is 0.136 e. The maximum atomic E-state index is 5.92. The molecule has 3 nitrogen and oxygen atoms in total. The summed E-state index contributed by atoms with van der Waals surface area (Å²) in [5, 5.41) is 4.80. The molecule has 5 heteroatoms. The van der Waals surface area contributed by atoms with Crippen LogP contribution in [0.1, 0.15) is 24.8 Å². The number of benzene rings is 1. The third-order valence-electron chi connectivity index (χ3n) is 4.13. The average Bonchev–Trinajstić information content (AvgIpc) is 2.89. The second-order valence-corrected chi connectivity index (χ2v) is 6.91. The molecule has 2 aliphatic heterocycles. The molecular weight excluding hydrogens is 340 g/mol. The van der Waals surface area contributed by atoms with Gasteiger partial charge in [0.05, 0.1) is 0 Å². The van der Waals surface area contributed by atoms with E-state index in [2.05, 4.69) is 38.1 Å². The van der Waals surface area contributed by atoms with Gasteiger partial charge in [-0.3, -0.25) is 4.90 Å². The topological polar surface area (TPSA) is 24.8 Å². The SMILES string of the molecule is Clc1ccc(CN2CCC([C@H]3CC(Br)=NO3)CC2)cc1. The first-order valence-electron chi connectivity index (χ1n) is 7.06. The van der Waals surface area contributed by atoms with Gasteiger partial charge in [0.25, 0.3) is 0 Å². The van der Waals surface area contributed by atoms with E-state index in [0.717, 1.165) is 35.7 Å². The summed E-state index contributed by atoms with van der Waals surface area (Å²) in [6.45, 7) is 3.27. The Bertz CT molecular complexity index is 483. The van der Waals surface area contributed by atoms with Gasteiger partial charge in [-0.2, -0.15) is 0 Å². The minimum Gasteiger partial charge on any atom is -0.391 e. The van der Waals surface area contributed by atoms with Crippen molar-refractivity contribution in [2.45, 2.75) is 31.9 Å². The Morgan fingerprint density at radius 1 is 1.25 bits per heavy atom. The zero-order chi connectivity index (χ0) is 13.9. The Morgan fingerprint density at radius 2 is 1.95 bits per heavy atom. The van der Waals surface area contributed by atoms with E-state index in [1.54, 1.807) is 0 Å². The lowest BCUT2D eigenvalue weighted by molar-refractivity contribution is 0.0127. The Hall–Kier alpha value is -0.580. The summed E-state index contributed by atoms with van der Waals surface area (Å²) in [7, 11) is 0. The molecule has 2 heterocycles. The molecule has 0 aromatic heterocycles. The third kappa shape index (κ3) is 3.54. The van der Waals surface area contributed by atoms with Crippen LogP contribution in [-0.4, -0.2) is 28.7 Å². The van der Waals surface area contributed by atoms with E-state index in [4.69, 9.17) is 16.4 Å². The number of rotatable bonds is 3.